The fourth-order valence-corrected chi connectivity index (χ4v) is 1.46. The average Bonchev–Trinajstić information content (AvgIpc) is 2.29. The molecule has 0 bridgehead atoms. The summed E-state index contributed by atoms with van der Waals surface area (Å²) in [5.41, 5.74) is 6.93. The number of pyridine rings is 1. The molecule has 2 N–H and O–H groups in total. The van der Waals surface area contributed by atoms with Crippen molar-refractivity contribution in [1.29, 1.82) is 0 Å². The van der Waals surface area contributed by atoms with Crippen molar-refractivity contribution in [2.45, 2.75) is 13.0 Å². The Labute approximate surface area is 97.3 Å². The van der Waals surface area contributed by atoms with Crippen molar-refractivity contribution in [1.82, 2.24) is 4.98 Å². The molecule has 0 aliphatic carbocycles. The second-order valence-electron chi connectivity index (χ2n) is 3.72. The summed E-state index contributed by atoms with van der Waals surface area (Å²) in [6, 6.07) is 3.97. The number of hydrogen-bond acceptors (Lipinski definition) is 3. The van der Waals surface area contributed by atoms with E-state index in [4.69, 9.17) is 5.73 Å². The Balaban J connectivity index is 2.94. The molecule has 16 heavy (non-hydrogen) atoms. The molecule has 0 spiro atoms. The SMILES string of the molecule is C=CCN(CC=C)c1cc([C@@H](C)N)ccn1. The number of aromatic nitrogens is 1. The Hall–Kier alpha value is -1.61. The van der Waals surface area contributed by atoms with Crippen LogP contribution in [0.25, 0.3) is 0 Å². The number of nitrogens with zero attached hydrogens (tertiary/aromatic N) is 2. The van der Waals surface area contributed by atoms with Crippen molar-refractivity contribution < 1.29 is 0 Å². The van der Waals surface area contributed by atoms with E-state index in [2.05, 4.69) is 23.0 Å². The van der Waals surface area contributed by atoms with Gasteiger partial charge in [0.1, 0.15) is 5.82 Å². The van der Waals surface area contributed by atoms with Crippen LogP contribution in [0.3, 0.4) is 0 Å². The average molecular weight is 217 g/mol. The zero-order valence-electron chi connectivity index (χ0n) is 9.76. The third kappa shape index (κ3) is 3.21. The van der Waals surface area contributed by atoms with Gasteiger partial charge in [-0.05, 0) is 24.6 Å². The first-order valence-corrected chi connectivity index (χ1v) is 5.37. The zero-order valence-corrected chi connectivity index (χ0v) is 9.76. The molecule has 0 aromatic carbocycles. The van der Waals surface area contributed by atoms with Crippen molar-refractivity contribution >= 4 is 5.82 Å². The van der Waals surface area contributed by atoms with Crippen molar-refractivity contribution in [3.63, 3.8) is 0 Å². The Morgan fingerprint density at radius 1 is 1.44 bits per heavy atom. The molecule has 1 rings (SSSR count). The molecule has 0 fully saturated rings. The Morgan fingerprint density at radius 2 is 2.06 bits per heavy atom. The van der Waals surface area contributed by atoms with Gasteiger partial charge in [-0.25, -0.2) is 4.98 Å². The maximum absolute atomic E-state index is 5.84. The van der Waals surface area contributed by atoms with Gasteiger partial charge >= 0.3 is 0 Å². The van der Waals surface area contributed by atoms with Crippen LogP contribution in [0.4, 0.5) is 5.82 Å². The smallest absolute Gasteiger partial charge is 0.129 e. The monoisotopic (exact) mass is 217 g/mol. The molecule has 0 saturated carbocycles. The molecule has 1 aromatic heterocycles. The van der Waals surface area contributed by atoms with Crippen molar-refractivity contribution in [3.05, 3.63) is 49.2 Å². The normalized spacial score (nSPS) is 11.9. The number of nitrogens with two attached hydrogens (primary N) is 1. The highest BCUT2D eigenvalue weighted by Crippen LogP contribution is 2.16. The van der Waals surface area contributed by atoms with Crippen LogP contribution in [0.2, 0.25) is 0 Å². The lowest BCUT2D eigenvalue weighted by atomic mass is 10.1. The first-order valence-electron chi connectivity index (χ1n) is 5.37. The van der Waals surface area contributed by atoms with E-state index in [1.54, 1.807) is 6.20 Å². The van der Waals surface area contributed by atoms with E-state index in [1.807, 2.05) is 31.2 Å². The lowest BCUT2D eigenvalue weighted by Crippen LogP contribution is -2.24. The van der Waals surface area contributed by atoms with Gasteiger partial charge in [-0.15, -0.1) is 13.2 Å². The molecule has 1 atom stereocenters. The van der Waals surface area contributed by atoms with Gasteiger partial charge in [-0.1, -0.05) is 12.2 Å². The molecule has 0 amide bonds. The van der Waals surface area contributed by atoms with Crippen molar-refractivity contribution in [2.75, 3.05) is 18.0 Å². The Kier molecular flexibility index (Phi) is 4.73. The topological polar surface area (TPSA) is 42.1 Å². The van der Waals surface area contributed by atoms with Gasteiger partial charge in [0.05, 0.1) is 0 Å². The summed E-state index contributed by atoms with van der Waals surface area (Å²) in [5, 5.41) is 0. The molecule has 3 heteroatoms. The minimum absolute atomic E-state index is 0.0241. The first kappa shape index (κ1) is 12.5. The quantitative estimate of drug-likeness (QED) is 0.743. The first-order chi connectivity index (χ1) is 7.69. The largest absolute Gasteiger partial charge is 0.349 e. The van der Waals surface area contributed by atoms with E-state index >= 15 is 0 Å². The molecule has 1 heterocycles. The minimum atomic E-state index is 0.0241. The number of hydrogen-bond donors (Lipinski definition) is 1. The van der Waals surface area contributed by atoms with Gasteiger partial charge in [0, 0.05) is 25.3 Å². The molecular formula is C13H19N3. The highest BCUT2D eigenvalue weighted by atomic mass is 15.2. The van der Waals surface area contributed by atoms with Crippen LogP contribution in [0.5, 0.6) is 0 Å². The summed E-state index contributed by atoms with van der Waals surface area (Å²) in [4.78, 5) is 6.42. The highest BCUT2D eigenvalue weighted by Gasteiger charge is 2.06. The van der Waals surface area contributed by atoms with Gasteiger partial charge in [0.2, 0.25) is 0 Å². The van der Waals surface area contributed by atoms with Crippen LogP contribution < -0.4 is 10.6 Å². The molecule has 3 nitrogen and oxygen atoms in total. The van der Waals surface area contributed by atoms with Gasteiger partial charge in [0.25, 0.3) is 0 Å². The third-order valence-electron chi connectivity index (χ3n) is 2.32. The van der Waals surface area contributed by atoms with Gasteiger partial charge < -0.3 is 10.6 Å². The lowest BCUT2D eigenvalue weighted by molar-refractivity contribution is 0.810. The number of rotatable bonds is 6. The highest BCUT2D eigenvalue weighted by molar-refractivity contribution is 5.43. The molecule has 0 aliphatic heterocycles. The van der Waals surface area contributed by atoms with E-state index in [9.17, 15) is 0 Å². The zero-order chi connectivity index (χ0) is 12.0. The fourth-order valence-electron chi connectivity index (χ4n) is 1.46. The molecule has 0 unspecified atom stereocenters. The van der Waals surface area contributed by atoms with Crippen LogP contribution in [0, 0.1) is 0 Å². The summed E-state index contributed by atoms with van der Waals surface area (Å²) < 4.78 is 0. The van der Waals surface area contributed by atoms with E-state index in [0.29, 0.717) is 0 Å². The molecular weight excluding hydrogens is 198 g/mol. The molecule has 86 valence electrons. The summed E-state index contributed by atoms with van der Waals surface area (Å²) in [6.07, 6.45) is 5.49. The van der Waals surface area contributed by atoms with Crippen LogP contribution >= 0.6 is 0 Å². The van der Waals surface area contributed by atoms with E-state index in [1.165, 1.54) is 0 Å². The maximum Gasteiger partial charge on any atom is 0.129 e. The molecule has 1 aromatic rings. The molecule has 0 saturated heterocycles. The summed E-state index contributed by atoms with van der Waals surface area (Å²) in [5.74, 6) is 0.912. The van der Waals surface area contributed by atoms with Crippen molar-refractivity contribution in [3.8, 4) is 0 Å². The van der Waals surface area contributed by atoms with E-state index < -0.39 is 0 Å². The van der Waals surface area contributed by atoms with Gasteiger partial charge in [0.15, 0.2) is 0 Å². The predicted molar refractivity (Wildman–Crippen MR) is 69.4 cm³/mol. The second-order valence-corrected chi connectivity index (χ2v) is 3.72. The summed E-state index contributed by atoms with van der Waals surface area (Å²) >= 11 is 0. The van der Waals surface area contributed by atoms with Crippen molar-refractivity contribution in [2.24, 2.45) is 5.73 Å². The van der Waals surface area contributed by atoms with Crippen LogP contribution in [-0.4, -0.2) is 18.1 Å². The van der Waals surface area contributed by atoms with E-state index in [0.717, 1.165) is 24.5 Å². The summed E-state index contributed by atoms with van der Waals surface area (Å²) in [7, 11) is 0. The minimum Gasteiger partial charge on any atom is -0.349 e. The second kappa shape index (κ2) is 6.08. The maximum atomic E-state index is 5.84. The van der Waals surface area contributed by atoms with Crippen LogP contribution in [0.1, 0.15) is 18.5 Å². The Bertz CT molecular complexity index is 348. The molecule has 0 radical (unpaired) electrons. The standard InChI is InChI=1S/C13H19N3/c1-4-8-16(9-5-2)13-10-12(11(3)14)6-7-15-13/h4-7,10-11H,1-2,8-9,14H2,3H3/t11-/m1/s1. The summed E-state index contributed by atoms with van der Waals surface area (Å²) in [6.45, 7) is 10.9. The Morgan fingerprint density at radius 3 is 2.56 bits per heavy atom. The van der Waals surface area contributed by atoms with Crippen LogP contribution in [0.15, 0.2) is 43.6 Å². The van der Waals surface area contributed by atoms with Gasteiger partial charge in [-0.3, -0.25) is 0 Å². The van der Waals surface area contributed by atoms with Gasteiger partial charge in [-0.2, -0.15) is 0 Å². The van der Waals surface area contributed by atoms with Crippen LogP contribution in [-0.2, 0) is 0 Å². The van der Waals surface area contributed by atoms with E-state index in [-0.39, 0.29) is 6.04 Å². The number of anilines is 1. The molecule has 0 aliphatic rings. The predicted octanol–water partition coefficient (Wildman–Crippen LogP) is 2.28. The third-order valence-corrected chi connectivity index (χ3v) is 2.32. The lowest BCUT2D eigenvalue weighted by Gasteiger charge is -2.21. The fraction of sp³-hybridized carbons (Fsp3) is 0.308.